The van der Waals surface area contributed by atoms with Crippen LogP contribution in [0.2, 0.25) is 0 Å². The van der Waals surface area contributed by atoms with Gasteiger partial charge in [0.1, 0.15) is 0 Å². The Labute approximate surface area is 128 Å². The molecule has 1 aromatic carbocycles. The van der Waals surface area contributed by atoms with Crippen molar-refractivity contribution in [1.82, 2.24) is 10.2 Å². The van der Waals surface area contributed by atoms with Crippen LogP contribution in [-0.2, 0) is 6.54 Å². The maximum atomic E-state index is 3.73. The molecule has 1 N–H and O–H groups in total. The topological polar surface area (TPSA) is 15.3 Å². The summed E-state index contributed by atoms with van der Waals surface area (Å²) in [5.41, 5.74) is 1.95. The van der Waals surface area contributed by atoms with Crippen molar-refractivity contribution in [3.63, 3.8) is 0 Å². The standard InChI is InChI=1S/C15H22N2.2ClH/c1-2-5-14(6-3-1)13-17-11-8-15(9-12-17)7-4-10-16-15;;/h1-3,5-6,16H,4,7-13H2;2*1H. The van der Waals surface area contributed by atoms with E-state index >= 15 is 0 Å². The van der Waals surface area contributed by atoms with Crippen LogP contribution in [0.1, 0.15) is 31.2 Å². The van der Waals surface area contributed by atoms with Gasteiger partial charge >= 0.3 is 0 Å². The second-order valence-electron chi connectivity index (χ2n) is 5.57. The smallest absolute Gasteiger partial charge is 0.0233 e. The molecule has 0 aliphatic carbocycles. The molecule has 0 saturated carbocycles. The summed E-state index contributed by atoms with van der Waals surface area (Å²) in [6, 6.07) is 10.8. The quantitative estimate of drug-likeness (QED) is 0.902. The van der Waals surface area contributed by atoms with Crippen molar-refractivity contribution in [2.45, 2.75) is 37.8 Å². The minimum absolute atomic E-state index is 0. The molecular weight excluding hydrogens is 279 g/mol. The van der Waals surface area contributed by atoms with Gasteiger partial charge in [0.25, 0.3) is 0 Å². The highest BCUT2D eigenvalue weighted by Gasteiger charge is 2.36. The van der Waals surface area contributed by atoms with E-state index in [0.717, 1.165) is 6.54 Å². The van der Waals surface area contributed by atoms with Gasteiger partial charge in [-0.25, -0.2) is 0 Å². The number of hydrogen-bond donors (Lipinski definition) is 1. The Morgan fingerprint density at radius 1 is 1.00 bits per heavy atom. The molecule has 0 radical (unpaired) electrons. The fourth-order valence-electron chi connectivity index (χ4n) is 3.28. The zero-order valence-electron chi connectivity index (χ0n) is 11.3. The number of benzene rings is 1. The molecule has 108 valence electrons. The van der Waals surface area contributed by atoms with Gasteiger partial charge in [-0.2, -0.15) is 0 Å². The molecule has 0 unspecified atom stereocenters. The lowest BCUT2D eigenvalue weighted by Gasteiger charge is -2.39. The first-order chi connectivity index (χ1) is 8.36. The normalized spacial score (nSPS) is 21.7. The molecule has 2 aliphatic heterocycles. The molecule has 0 atom stereocenters. The molecular formula is C15H24Cl2N2. The Kier molecular flexibility index (Phi) is 6.61. The summed E-state index contributed by atoms with van der Waals surface area (Å²) in [5, 5.41) is 3.73. The van der Waals surface area contributed by atoms with Gasteiger partial charge in [-0.1, -0.05) is 30.3 Å². The highest BCUT2D eigenvalue weighted by atomic mass is 35.5. The predicted molar refractivity (Wildman–Crippen MR) is 85.4 cm³/mol. The van der Waals surface area contributed by atoms with Crippen molar-refractivity contribution in [2.24, 2.45) is 0 Å². The molecule has 1 aromatic rings. The van der Waals surface area contributed by atoms with E-state index in [9.17, 15) is 0 Å². The zero-order valence-corrected chi connectivity index (χ0v) is 12.9. The molecule has 2 aliphatic rings. The van der Waals surface area contributed by atoms with E-state index in [4.69, 9.17) is 0 Å². The largest absolute Gasteiger partial charge is 0.311 e. The van der Waals surface area contributed by atoms with Crippen LogP contribution in [0.15, 0.2) is 30.3 Å². The molecule has 0 amide bonds. The Balaban J connectivity index is 0.000000902. The minimum Gasteiger partial charge on any atom is -0.311 e. The third kappa shape index (κ3) is 4.09. The van der Waals surface area contributed by atoms with Crippen LogP contribution in [0.4, 0.5) is 0 Å². The highest BCUT2D eigenvalue weighted by Crippen LogP contribution is 2.31. The van der Waals surface area contributed by atoms with E-state index in [0.29, 0.717) is 5.54 Å². The summed E-state index contributed by atoms with van der Waals surface area (Å²) in [6.07, 6.45) is 5.44. The van der Waals surface area contributed by atoms with Crippen LogP contribution >= 0.6 is 24.8 Å². The molecule has 0 bridgehead atoms. The van der Waals surface area contributed by atoms with Gasteiger partial charge in [-0.15, -0.1) is 24.8 Å². The van der Waals surface area contributed by atoms with Crippen molar-refractivity contribution >= 4 is 24.8 Å². The summed E-state index contributed by atoms with van der Waals surface area (Å²) < 4.78 is 0. The number of hydrogen-bond acceptors (Lipinski definition) is 2. The van der Waals surface area contributed by atoms with Crippen molar-refractivity contribution in [3.05, 3.63) is 35.9 Å². The van der Waals surface area contributed by atoms with Crippen molar-refractivity contribution in [3.8, 4) is 0 Å². The first-order valence-corrected chi connectivity index (χ1v) is 6.88. The molecule has 0 aromatic heterocycles. The van der Waals surface area contributed by atoms with Crippen molar-refractivity contribution < 1.29 is 0 Å². The number of rotatable bonds is 2. The van der Waals surface area contributed by atoms with E-state index in [2.05, 4.69) is 40.5 Å². The van der Waals surface area contributed by atoms with Crippen LogP contribution in [0.25, 0.3) is 0 Å². The SMILES string of the molecule is Cl.Cl.c1ccc(CN2CCC3(CCCN3)CC2)cc1. The van der Waals surface area contributed by atoms with Gasteiger partial charge in [0, 0.05) is 25.2 Å². The van der Waals surface area contributed by atoms with Crippen LogP contribution in [0, 0.1) is 0 Å². The Hall–Kier alpha value is -0.280. The van der Waals surface area contributed by atoms with Gasteiger partial charge in [-0.05, 0) is 37.8 Å². The molecule has 2 fully saturated rings. The third-order valence-corrected chi connectivity index (χ3v) is 4.39. The van der Waals surface area contributed by atoms with E-state index in [1.807, 2.05) is 0 Å². The van der Waals surface area contributed by atoms with E-state index < -0.39 is 0 Å². The van der Waals surface area contributed by atoms with Crippen molar-refractivity contribution in [2.75, 3.05) is 19.6 Å². The number of piperidine rings is 1. The monoisotopic (exact) mass is 302 g/mol. The van der Waals surface area contributed by atoms with E-state index in [1.165, 1.54) is 50.9 Å². The molecule has 4 heteroatoms. The number of likely N-dealkylation sites (tertiary alicyclic amines) is 1. The number of nitrogens with one attached hydrogen (secondary N) is 1. The first kappa shape index (κ1) is 16.8. The lowest BCUT2D eigenvalue weighted by atomic mass is 9.86. The maximum Gasteiger partial charge on any atom is 0.0233 e. The number of halogens is 2. The predicted octanol–water partition coefficient (Wildman–Crippen LogP) is 3.25. The first-order valence-electron chi connectivity index (χ1n) is 6.88. The minimum atomic E-state index is 0. The summed E-state index contributed by atoms with van der Waals surface area (Å²) in [6.45, 7) is 4.86. The second kappa shape index (κ2) is 7.49. The lowest BCUT2D eigenvalue weighted by Crippen LogP contribution is -2.49. The van der Waals surface area contributed by atoms with Gasteiger partial charge in [-0.3, -0.25) is 4.90 Å². The fourth-order valence-corrected chi connectivity index (χ4v) is 3.28. The summed E-state index contributed by atoms with van der Waals surface area (Å²) >= 11 is 0. The van der Waals surface area contributed by atoms with Gasteiger partial charge in [0.2, 0.25) is 0 Å². The number of nitrogens with zero attached hydrogens (tertiary/aromatic N) is 1. The molecule has 2 saturated heterocycles. The fraction of sp³-hybridized carbons (Fsp3) is 0.600. The molecule has 3 rings (SSSR count). The Morgan fingerprint density at radius 3 is 2.26 bits per heavy atom. The third-order valence-electron chi connectivity index (χ3n) is 4.39. The Bertz CT molecular complexity index is 354. The molecule has 2 nitrogen and oxygen atoms in total. The van der Waals surface area contributed by atoms with Crippen molar-refractivity contribution in [1.29, 1.82) is 0 Å². The van der Waals surface area contributed by atoms with Gasteiger partial charge in [0.15, 0.2) is 0 Å². The average Bonchev–Trinajstić information content (AvgIpc) is 2.83. The molecule has 1 spiro atoms. The van der Waals surface area contributed by atoms with E-state index in [1.54, 1.807) is 0 Å². The van der Waals surface area contributed by atoms with Crippen LogP contribution < -0.4 is 5.32 Å². The summed E-state index contributed by atoms with van der Waals surface area (Å²) in [7, 11) is 0. The molecule has 2 heterocycles. The average molecular weight is 303 g/mol. The van der Waals surface area contributed by atoms with Gasteiger partial charge in [0.05, 0.1) is 0 Å². The maximum absolute atomic E-state index is 3.73. The lowest BCUT2D eigenvalue weighted by molar-refractivity contribution is 0.142. The van der Waals surface area contributed by atoms with Crippen LogP contribution in [0.5, 0.6) is 0 Å². The summed E-state index contributed by atoms with van der Waals surface area (Å²) in [5.74, 6) is 0. The second-order valence-corrected chi connectivity index (χ2v) is 5.57. The highest BCUT2D eigenvalue weighted by molar-refractivity contribution is 5.85. The van der Waals surface area contributed by atoms with Crippen LogP contribution in [0.3, 0.4) is 0 Å². The van der Waals surface area contributed by atoms with Crippen LogP contribution in [-0.4, -0.2) is 30.1 Å². The van der Waals surface area contributed by atoms with E-state index in [-0.39, 0.29) is 24.8 Å². The summed E-state index contributed by atoms with van der Waals surface area (Å²) in [4.78, 5) is 2.60. The molecule has 19 heavy (non-hydrogen) atoms. The Morgan fingerprint density at radius 2 is 1.68 bits per heavy atom. The zero-order chi connectivity index (χ0) is 11.6. The van der Waals surface area contributed by atoms with Gasteiger partial charge < -0.3 is 5.32 Å².